The second kappa shape index (κ2) is 4.59. The van der Waals surface area contributed by atoms with Crippen LogP contribution >= 0.6 is 0 Å². The zero-order chi connectivity index (χ0) is 13.7. The van der Waals surface area contributed by atoms with E-state index in [4.69, 9.17) is 5.10 Å². The molecule has 3 heteroatoms. The number of H-pyrrole nitrogens is 1. The summed E-state index contributed by atoms with van der Waals surface area (Å²) in [6.45, 7) is 5.30. The summed E-state index contributed by atoms with van der Waals surface area (Å²) in [5, 5.41) is 11.5. The zero-order valence-electron chi connectivity index (χ0n) is 12.8. The fourth-order valence-electron chi connectivity index (χ4n) is 5.46. The van der Waals surface area contributed by atoms with Crippen LogP contribution in [0.2, 0.25) is 0 Å². The lowest BCUT2D eigenvalue weighted by molar-refractivity contribution is -0.00722. The molecule has 0 radical (unpaired) electrons. The molecule has 0 aliphatic heterocycles. The van der Waals surface area contributed by atoms with Crippen LogP contribution in [0.5, 0.6) is 0 Å². The van der Waals surface area contributed by atoms with E-state index < -0.39 is 0 Å². The zero-order valence-corrected chi connectivity index (χ0v) is 12.8. The fraction of sp³-hybridized carbons (Fsp3) is 0.824. The third-order valence-corrected chi connectivity index (χ3v) is 5.91. The van der Waals surface area contributed by atoms with Gasteiger partial charge < -0.3 is 5.32 Å². The van der Waals surface area contributed by atoms with Crippen LogP contribution in [0.3, 0.4) is 0 Å². The molecule has 0 aromatic carbocycles. The number of nitrogens with zero attached hydrogens (tertiary/aromatic N) is 1. The Hall–Kier alpha value is -0.830. The highest BCUT2D eigenvalue weighted by atomic mass is 15.1. The highest BCUT2D eigenvalue weighted by molar-refractivity contribution is 5.24. The topological polar surface area (TPSA) is 40.7 Å². The Morgan fingerprint density at radius 3 is 2.35 bits per heavy atom. The van der Waals surface area contributed by atoms with Crippen LogP contribution in [0, 0.1) is 17.8 Å². The highest BCUT2D eigenvalue weighted by Crippen LogP contribution is 2.60. The molecule has 0 amide bonds. The van der Waals surface area contributed by atoms with Gasteiger partial charge in [-0.2, -0.15) is 5.10 Å². The van der Waals surface area contributed by atoms with Crippen molar-refractivity contribution in [1.29, 1.82) is 0 Å². The molecule has 4 aliphatic rings. The van der Waals surface area contributed by atoms with Crippen LogP contribution in [-0.2, 0) is 12.0 Å². The summed E-state index contributed by atoms with van der Waals surface area (Å²) in [6, 6.07) is 2.88. The Morgan fingerprint density at radius 1 is 1.20 bits per heavy atom. The lowest BCUT2D eigenvalue weighted by Gasteiger charge is -2.56. The summed E-state index contributed by atoms with van der Waals surface area (Å²) in [5.41, 5.74) is 3.06. The molecular formula is C17H27N3. The minimum absolute atomic E-state index is 0.432. The standard InChI is InChI=1S/C17H27N3/c1-11(2)18-10-15-6-16(20-19-15)17-7-12-3-13(8-17)5-14(4-12)9-17/h6,11-14,18H,3-5,7-10H2,1-2H3,(H,19,20). The van der Waals surface area contributed by atoms with E-state index in [0.29, 0.717) is 11.5 Å². The first-order chi connectivity index (χ1) is 9.63. The van der Waals surface area contributed by atoms with Crippen LogP contribution in [-0.4, -0.2) is 16.2 Å². The van der Waals surface area contributed by atoms with Crippen LogP contribution in [0.15, 0.2) is 6.07 Å². The Labute approximate surface area is 121 Å². The van der Waals surface area contributed by atoms with Gasteiger partial charge in [-0.05, 0) is 62.3 Å². The third kappa shape index (κ3) is 2.11. The first kappa shape index (κ1) is 12.9. The first-order valence-electron chi connectivity index (χ1n) is 8.41. The van der Waals surface area contributed by atoms with Gasteiger partial charge in [-0.15, -0.1) is 0 Å². The Morgan fingerprint density at radius 2 is 1.80 bits per heavy atom. The Balaban J connectivity index is 1.55. The van der Waals surface area contributed by atoms with Gasteiger partial charge in [0.1, 0.15) is 0 Å². The molecule has 110 valence electrons. The SMILES string of the molecule is CC(C)NCc1cc(C23CC4CC(CC(C4)C2)C3)n[nH]1. The number of aromatic nitrogens is 2. The minimum Gasteiger partial charge on any atom is -0.309 e. The quantitative estimate of drug-likeness (QED) is 0.883. The molecule has 1 heterocycles. The third-order valence-electron chi connectivity index (χ3n) is 5.91. The molecule has 20 heavy (non-hydrogen) atoms. The smallest absolute Gasteiger partial charge is 0.0687 e. The average Bonchev–Trinajstić information content (AvgIpc) is 2.84. The maximum Gasteiger partial charge on any atom is 0.0687 e. The summed E-state index contributed by atoms with van der Waals surface area (Å²) in [6.07, 6.45) is 8.73. The molecule has 4 fully saturated rings. The van der Waals surface area contributed by atoms with Crippen molar-refractivity contribution in [2.75, 3.05) is 0 Å². The maximum atomic E-state index is 4.72. The van der Waals surface area contributed by atoms with E-state index in [1.807, 2.05) is 0 Å². The predicted molar refractivity (Wildman–Crippen MR) is 80.4 cm³/mol. The van der Waals surface area contributed by atoms with Crippen LogP contribution in [0.25, 0.3) is 0 Å². The average molecular weight is 273 g/mol. The van der Waals surface area contributed by atoms with Gasteiger partial charge in [0.05, 0.1) is 5.69 Å². The number of aromatic amines is 1. The molecule has 5 rings (SSSR count). The lowest BCUT2D eigenvalue weighted by Crippen LogP contribution is -2.48. The van der Waals surface area contributed by atoms with Crippen molar-refractivity contribution in [3.05, 3.63) is 17.5 Å². The monoisotopic (exact) mass is 273 g/mol. The molecule has 0 saturated heterocycles. The number of rotatable bonds is 4. The number of hydrogen-bond acceptors (Lipinski definition) is 2. The van der Waals surface area contributed by atoms with Crippen LogP contribution in [0.1, 0.15) is 63.8 Å². The summed E-state index contributed by atoms with van der Waals surface area (Å²) < 4.78 is 0. The van der Waals surface area contributed by atoms with Crippen molar-refractivity contribution in [2.24, 2.45) is 17.8 Å². The van der Waals surface area contributed by atoms with Gasteiger partial charge in [0, 0.05) is 23.7 Å². The molecule has 1 aromatic rings. The van der Waals surface area contributed by atoms with Crippen LogP contribution in [0.4, 0.5) is 0 Å². The van der Waals surface area contributed by atoms with Crippen molar-refractivity contribution >= 4 is 0 Å². The summed E-state index contributed by atoms with van der Waals surface area (Å²) in [5.74, 6) is 2.99. The van der Waals surface area contributed by atoms with Gasteiger partial charge in [0.25, 0.3) is 0 Å². The van der Waals surface area contributed by atoms with Gasteiger partial charge in [-0.25, -0.2) is 0 Å². The minimum atomic E-state index is 0.432. The van der Waals surface area contributed by atoms with E-state index in [-0.39, 0.29) is 0 Å². The molecule has 1 aromatic heterocycles. The van der Waals surface area contributed by atoms with E-state index in [9.17, 15) is 0 Å². The number of nitrogens with one attached hydrogen (secondary N) is 2. The van der Waals surface area contributed by atoms with Gasteiger partial charge in [0.2, 0.25) is 0 Å². The Bertz CT molecular complexity index is 453. The molecule has 2 N–H and O–H groups in total. The Kier molecular flexibility index (Phi) is 2.95. The van der Waals surface area contributed by atoms with E-state index in [2.05, 4.69) is 30.3 Å². The van der Waals surface area contributed by atoms with E-state index in [1.165, 1.54) is 49.9 Å². The summed E-state index contributed by atoms with van der Waals surface area (Å²) in [4.78, 5) is 0. The first-order valence-corrected chi connectivity index (χ1v) is 8.41. The van der Waals surface area contributed by atoms with Crippen molar-refractivity contribution in [1.82, 2.24) is 15.5 Å². The maximum absolute atomic E-state index is 4.72. The van der Waals surface area contributed by atoms with Gasteiger partial charge in [-0.3, -0.25) is 5.10 Å². The van der Waals surface area contributed by atoms with E-state index >= 15 is 0 Å². The molecule has 3 nitrogen and oxygen atoms in total. The number of hydrogen-bond donors (Lipinski definition) is 2. The summed E-state index contributed by atoms with van der Waals surface area (Å²) >= 11 is 0. The van der Waals surface area contributed by atoms with E-state index in [1.54, 1.807) is 0 Å². The predicted octanol–water partition coefficient (Wildman–Crippen LogP) is 3.38. The highest BCUT2D eigenvalue weighted by Gasteiger charge is 2.52. The lowest BCUT2D eigenvalue weighted by atomic mass is 9.49. The van der Waals surface area contributed by atoms with Crippen molar-refractivity contribution in [3.63, 3.8) is 0 Å². The normalized spacial score (nSPS) is 38.9. The van der Waals surface area contributed by atoms with Crippen LogP contribution < -0.4 is 5.32 Å². The van der Waals surface area contributed by atoms with Crippen molar-refractivity contribution in [3.8, 4) is 0 Å². The van der Waals surface area contributed by atoms with Gasteiger partial charge in [0.15, 0.2) is 0 Å². The second-order valence-electron chi connectivity index (χ2n) is 8.01. The molecule has 4 bridgehead atoms. The van der Waals surface area contributed by atoms with E-state index in [0.717, 1.165) is 24.3 Å². The fourth-order valence-corrected chi connectivity index (χ4v) is 5.46. The molecule has 0 unspecified atom stereocenters. The second-order valence-corrected chi connectivity index (χ2v) is 8.01. The summed E-state index contributed by atoms with van der Waals surface area (Å²) in [7, 11) is 0. The van der Waals surface area contributed by atoms with Gasteiger partial charge >= 0.3 is 0 Å². The largest absolute Gasteiger partial charge is 0.309 e. The van der Waals surface area contributed by atoms with Crippen molar-refractivity contribution in [2.45, 2.75) is 70.4 Å². The molecular weight excluding hydrogens is 246 g/mol. The molecule has 0 spiro atoms. The molecule has 4 saturated carbocycles. The van der Waals surface area contributed by atoms with Gasteiger partial charge in [-0.1, -0.05) is 13.8 Å². The van der Waals surface area contributed by atoms with Crippen molar-refractivity contribution < 1.29 is 0 Å². The molecule has 0 atom stereocenters. The molecule has 4 aliphatic carbocycles.